The minimum Gasteiger partial charge on any atom is -0.382 e. The van der Waals surface area contributed by atoms with Gasteiger partial charge in [0.1, 0.15) is 5.69 Å². The van der Waals surface area contributed by atoms with E-state index in [1.165, 1.54) is 25.2 Å². The van der Waals surface area contributed by atoms with Crippen LogP contribution in [0.4, 0.5) is 11.4 Å². The first-order valence-electron chi connectivity index (χ1n) is 6.42. The molecule has 0 heterocycles. The Morgan fingerprint density at radius 2 is 2.20 bits per heavy atom. The van der Waals surface area contributed by atoms with E-state index >= 15 is 0 Å². The van der Waals surface area contributed by atoms with Gasteiger partial charge in [0.15, 0.2) is 0 Å². The predicted molar refractivity (Wildman–Crippen MR) is 76.1 cm³/mol. The number of hydrogen-bond donors (Lipinski definition) is 2. The summed E-state index contributed by atoms with van der Waals surface area (Å²) < 4.78 is 5.19. The molecule has 1 amide bonds. The Balaban J connectivity index is 2.78. The highest BCUT2D eigenvalue weighted by Gasteiger charge is 2.15. The minimum atomic E-state index is -0.474. The van der Waals surface area contributed by atoms with E-state index < -0.39 is 4.92 Å². The maximum absolute atomic E-state index is 11.5. The summed E-state index contributed by atoms with van der Waals surface area (Å²) in [6.07, 6.45) is 0.731. The van der Waals surface area contributed by atoms with Crippen molar-refractivity contribution in [1.82, 2.24) is 5.32 Å². The highest BCUT2D eigenvalue weighted by Crippen LogP contribution is 2.25. The second kappa shape index (κ2) is 8.11. The van der Waals surface area contributed by atoms with Crippen molar-refractivity contribution in [2.24, 2.45) is 0 Å². The summed E-state index contributed by atoms with van der Waals surface area (Å²) in [5.41, 5.74) is 0.673. The molecule has 0 atom stereocenters. The maximum Gasteiger partial charge on any atom is 0.292 e. The van der Waals surface area contributed by atoms with Crippen LogP contribution in [0.5, 0.6) is 0 Å². The summed E-state index contributed by atoms with van der Waals surface area (Å²) in [5, 5.41) is 16.4. The van der Waals surface area contributed by atoms with Crippen LogP contribution in [-0.2, 0) is 4.74 Å². The number of carbonyl (C=O) groups excluding carboxylic acids is 1. The highest BCUT2D eigenvalue weighted by molar-refractivity contribution is 5.95. The largest absolute Gasteiger partial charge is 0.382 e. The lowest BCUT2D eigenvalue weighted by Gasteiger charge is -2.09. The zero-order valence-corrected chi connectivity index (χ0v) is 11.6. The number of benzene rings is 1. The van der Waals surface area contributed by atoms with Crippen molar-refractivity contribution < 1.29 is 14.5 Å². The van der Waals surface area contributed by atoms with Crippen LogP contribution in [0.2, 0.25) is 0 Å². The van der Waals surface area contributed by atoms with Crippen LogP contribution in [0.15, 0.2) is 18.2 Å². The molecule has 0 aliphatic carbocycles. The molecule has 1 aromatic rings. The van der Waals surface area contributed by atoms with Crippen molar-refractivity contribution >= 4 is 17.3 Å². The average Bonchev–Trinajstić information content (AvgIpc) is 2.45. The SMILES string of the molecule is CCOCCCNc1cc(C(=O)NC)ccc1[N+](=O)[O-]. The molecule has 0 aliphatic heterocycles. The van der Waals surface area contributed by atoms with Gasteiger partial charge >= 0.3 is 0 Å². The van der Waals surface area contributed by atoms with Crippen molar-refractivity contribution in [1.29, 1.82) is 0 Å². The molecular formula is C13H19N3O4. The Kier molecular flexibility index (Phi) is 6.45. The molecule has 1 aromatic carbocycles. The van der Waals surface area contributed by atoms with E-state index in [9.17, 15) is 14.9 Å². The molecule has 2 N–H and O–H groups in total. The number of ether oxygens (including phenoxy) is 1. The smallest absolute Gasteiger partial charge is 0.292 e. The normalized spacial score (nSPS) is 10.1. The van der Waals surface area contributed by atoms with Crippen molar-refractivity contribution in [3.63, 3.8) is 0 Å². The second-order valence-electron chi connectivity index (χ2n) is 4.05. The monoisotopic (exact) mass is 281 g/mol. The number of nitrogens with one attached hydrogen (secondary N) is 2. The van der Waals surface area contributed by atoms with Crippen LogP contribution in [0.3, 0.4) is 0 Å². The molecule has 7 heteroatoms. The highest BCUT2D eigenvalue weighted by atomic mass is 16.6. The zero-order valence-electron chi connectivity index (χ0n) is 11.6. The number of carbonyl (C=O) groups is 1. The fourth-order valence-corrected chi connectivity index (χ4v) is 1.66. The minimum absolute atomic E-state index is 0.0472. The van der Waals surface area contributed by atoms with Crippen molar-refractivity contribution in [3.8, 4) is 0 Å². The first kappa shape index (κ1) is 15.9. The number of nitrogens with zero attached hydrogens (tertiary/aromatic N) is 1. The molecule has 20 heavy (non-hydrogen) atoms. The lowest BCUT2D eigenvalue weighted by atomic mass is 10.1. The van der Waals surface area contributed by atoms with Crippen molar-refractivity contribution in [2.75, 3.05) is 32.1 Å². The summed E-state index contributed by atoms with van der Waals surface area (Å²) in [5.74, 6) is -0.280. The fourth-order valence-electron chi connectivity index (χ4n) is 1.66. The summed E-state index contributed by atoms with van der Waals surface area (Å²) in [7, 11) is 1.51. The standard InChI is InChI=1S/C13H19N3O4/c1-3-20-8-4-7-15-11-9-10(13(17)14-2)5-6-12(11)16(18)19/h5-6,9,15H,3-4,7-8H2,1-2H3,(H,14,17). The third-order valence-corrected chi connectivity index (χ3v) is 2.67. The van der Waals surface area contributed by atoms with Gasteiger partial charge in [-0.15, -0.1) is 0 Å². The molecule has 0 saturated heterocycles. The van der Waals surface area contributed by atoms with Gasteiger partial charge in [0, 0.05) is 38.4 Å². The van der Waals surface area contributed by atoms with Gasteiger partial charge in [0.25, 0.3) is 11.6 Å². The van der Waals surface area contributed by atoms with Gasteiger partial charge in [0.2, 0.25) is 0 Å². The molecule has 0 unspecified atom stereocenters. The van der Waals surface area contributed by atoms with Gasteiger partial charge in [-0.25, -0.2) is 0 Å². The molecule has 7 nitrogen and oxygen atoms in total. The van der Waals surface area contributed by atoms with Gasteiger partial charge in [-0.1, -0.05) is 0 Å². The lowest BCUT2D eigenvalue weighted by Crippen LogP contribution is -2.18. The number of amides is 1. The van der Waals surface area contributed by atoms with Gasteiger partial charge in [-0.2, -0.15) is 0 Å². The summed E-state index contributed by atoms with van der Waals surface area (Å²) in [6.45, 7) is 3.68. The summed E-state index contributed by atoms with van der Waals surface area (Å²) >= 11 is 0. The van der Waals surface area contributed by atoms with Crippen LogP contribution in [0.25, 0.3) is 0 Å². The molecule has 110 valence electrons. The fraction of sp³-hybridized carbons (Fsp3) is 0.462. The Bertz CT molecular complexity index is 477. The quantitative estimate of drug-likeness (QED) is 0.430. The van der Waals surface area contributed by atoms with E-state index in [4.69, 9.17) is 4.74 Å². The average molecular weight is 281 g/mol. The van der Waals surface area contributed by atoms with Crippen molar-refractivity contribution in [3.05, 3.63) is 33.9 Å². The molecule has 1 rings (SSSR count). The van der Waals surface area contributed by atoms with E-state index in [0.29, 0.717) is 31.0 Å². The van der Waals surface area contributed by atoms with E-state index in [-0.39, 0.29) is 11.6 Å². The number of rotatable bonds is 8. The van der Waals surface area contributed by atoms with Crippen LogP contribution in [-0.4, -0.2) is 37.6 Å². The van der Waals surface area contributed by atoms with Crippen molar-refractivity contribution in [2.45, 2.75) is 13.3 Å². The summed E-state index contributed by atoms with van der Waals surface area (Å²) in [6, 6.07) is 4.25. The Morgan fingerprint density at radius 3 is 2.80 bits per heavy atom. The molecule has 0 aromatic heterocycles. The maximum atomic E-state index is 11.5. The molecule has 0 radical (unpaired) electrons. The van der Waals surface area contributed by atoms with E-state index in [2.05, 4.69) is 10.6 Å². The molecule has 0 saturated carbocycles. The number of nitro groups is 1. The van der Waals surface area contributed by atoms with E-state index in [0.717, 1.165) is 6.42 Å². The molecule has 0 fully saturated rings. The Morgan fingerprint density at radius 1 is 1.45 bits per heavy atom. The zero-order chi connectivity index (χ0) is 15.0. The molecule has 0 bridgehead atoms. The Labute approximate surface area is 117 Å². The van der Waals surface area contributed by atoms with Crippen LogP contribution in [0, 0.1) is 10.1 Å². The van der Waals surface area contributed by atoms with Gasteiger partial charge < -0.3 is 15.4 Å². The Hall–Kier alpha value is -2.15. The molecule has 0 aliphatic rings. The number of nitro benzene ring substituents is 1. The number of hydrogen-bond acceptors (Lipinski definition) is 5. The van der Waals surface area contributed by atoms with E-state index in [1.54, 1.807) is 0 Å². The topological polar surface area (TPSA) is 93.5 Å². The molecule has 0 spiro atoms. The first-order valence-corrected chi connectivity index (χ1v) is 6.42. The van der Waals surface area contributed by atoms with Gasteiger partial charge in [-0.05, 0) is 25.5 Å². The van der Waals surface area contributed by atoms with Crippen LogP contribution in [0.1, 0.15) is 23.7 Å². The third-order valence-electron chi connectivity index (χ3n) is 2.67. The first-order chi connectivity index (χ1) is 9.60. The van der Waals surface area contributed by atoms with Gasteiger partial charge in [-0.3, -0.25) is 14.9 Å². The summed E-state index contributed by atoms with van der Waals surface area (Å²) in [4.78, 5) is 22.0. The lowest BCUT2D eigenvalue weighted by molar-refractivity contribution is -0.384. The molecular weight excluding hydrogens is 262 g/mol. The number of anilines is 1. The third kappa shape index (κ3) is 4.51. The van der Waals surface area contributed by atoms with Crippen LogP contribution < -0.4 is 10.6 Å². The predicted octanol–water partition coefficient (Wildman–Crippen LogP) is 1.79. The van der Waals surface area contributed by atoms with Crippen LogP contribution >= 0.6 is 0 Å². The second-order valence-corrected chi connectivity index (χ2v) is 4.05. The van der Waals surface area contributed by atoms with E-state index in [1.807, 2.05) is 6.92 Å². The van der Waals surface area contributed by atoms with Gasteiger partial charge in [0.05, 0.1) is 4.92 Å².